The number of aliphatic hydroxyl groups excluding tert-OH is 1. The minimum absolute atomic E-state index is 0.0389. The maximum atomic E-state index is 11.6. The van der Waals surface area contributed by atoms with E-state index < -0.39 is 0 Å². The minimum atomic E-state index is -0.232. The molecule has 0 aromatic heterocycles. The van der Waals surface area contributed by atoms with Crippen molar-refractivity contribution in [1.82, 2.24) is 16.0 Å². The molecule has 0 unspecified atom stereocenters. The summed E-state index contributed by atoms with van der Waals surface area (Å²) in [4.78, 5) is 22.9. The van der Waals surface area contributed by atoms with Gasteiger partial charge in [0, 0.05) is 25.6 Å². The molecule has 0 heterocycles. The van der Waals surface area contributed by atoms with Crippen LogP contribution in [-0.2, 0) is 4.79 Å². The SMILES string of the molecule is CCCNC(=O)CCNC(=O)NC1CCC(O)CC1. The summed E-state index contributed by atoms with van der Waals surface area (Å²) < 4.78 is 0. The highest BCUT2D eigenvalue weighted by Gasteiger charge is 2.20. The second-order valence-corrected chi connectivity index (χ2v) is 5.01. The van der Waals surface area contributed by atoms with E-state index in [-0.39, 0.29) is 24.1 Å². The lowest BCUT2D eigenvalue weighted by atomic mass is 9.93. The number of carbonyl (C=O) groups is 2. The van der Waals surface area contributed by atoms with E-state index in [4.69, 9.17) is 0 Å². The smallest absolute Gasteiger partial charge is 0.315 e. The predicted molar refractivity (Wildman–Crippen MR) is 72.7 cm³/mol. The molecule has 0 aliphatic heterocycles. The Balaban J connectivity index is 2.06. The van der Waals surface area contributed by atoms with Gasteiger partial charge in [-0.2, -0.15) is 0 Å². The van der Waals surface area contributed by atoms with Gasteiger partial charge in [-0.25, -0.2) is 4.79 Å². The number of carbonyl (C=O) groups excluding carboxylic acids is 2. The molecule has 0 bridgehead atoms. The molecule has 0 saturated heterocycles. The molecule has 1 aliphatic carbocycles. The van der Waals surface area contributed by atoms with E-state index in [2.05, 4.69) is 16.0 Å². The first kappa shape index (κ1) is 15.8. The molecule has 0 radical (unpaired) electrons. The Morgan fingerprint density at radius 2 is 1.79 bits per heavy atom. The van der Waals surface area contributed by atoms with Crippen LogP contribution < -0.4 is 16.0 Å². The zero-order valence-corrected chi connectivity index (χ0v) is 11.6. The van der Waals surface area contributed by atoms with Crippen molar-refractivity contribution >= 4 is 11.9 Å². The highest BCUT2D eigenvalue weighted by Crippen LogP contribution is 2.17. The Bertz CT molecular complexity index is 289. The summed E-state index contributed by atoms with van der Waals surface area (Å²) in [6.45, 7) is 3.01. The molecule has 4 N–H and O–H groups in total. The van der Waals surface area contributed by atoms with Crippen LogP contribution in [0.1, 0.15) is 45.4 Å². The van der Waals surface area contributed by atoms with Crippen molar-refractivity contribution in [3.8, 4) is 0 Å². The topological polar surface area (TPSA) is 90.5 Å². The molecular weight excluding hydrogens is 246 g/mol. The third-order valence-electron chi connectivity index (χ3n) is 3.24. The molecule has 3 amide bonds. The van der Waals surface area contributed by atoms with Crippen LogP contribution in [0, 0.1) is 0 Å². The molecule has 0 spiro atoms. The van der Waals surface area contributed by atoms with Crippen LogP contribution in [0.25, 0.3) is 0 Å². The van der Waals surface area contributed by atoms with E-state index in [1.54, 1.807) is 0 Å². The molecule has 110 valence electrons. The fraction of sp³-hybridized carbons (Fsp3) is 0.846. The van der Waals surface area contributed by atoms with E-state index in [1.807, 2.05) is 6.92 Å². The monoisotopic (exact) mass is 271 g/mol. The van der Waals surface area contributed by atoms with Crippen LogP contribution >= 0.6 is 0 Å². The Morgan fingerprint density at radius 3 is 2.42 bits per heavy atom. The van der Waals surface area contributed by atoms with Crippen LogP contribution in [0.3, 0.4) is 0 Å². The second kappa shape index (κ2) is 8.74. The Labute approximate surface area is 114 Å². The molecule has 0 aromatic carbocycles. The molecular formula is C13H25N3O3. The van der Waals surface area contributed by atoms with Gasteiger partial charge < -0.3 is 21.1 Å². The highest BCUT2D eigenvalue weighted by molar-refractivity contribution is 5.78. The summed E-state index contributed by atoms with van der Waals surface area (Å²) >= 11 is 0. The van der Waals surface area contributed by atoms with Gasteiger partial charge in [-0.05, 0) is 32.1 Å². The van der Waals surface area contributed by atoms with E-state index in [1.165, 1.54) is 0 Å². The number of amides is 3. The standard InChI is InChI=1S/C13H25N3O3/c1-2-8-14-12(18)7-9-15-13(19)16-10-3-5-11(17)6-4-10/h10-11,17H,2-9H2,1H3,(H,14,18)(H2,15,16,19). The number of hydrogen-bond acceptors (Lipinski definition) is 3. The van der Waals surface area contributed by atoms with Crippen molar-refractivity contribution < 1.29 is 14.7 Å². The van der Waals surface area contributed by atoms with Gasteiger partial charge in [0.25, 0.3) is 0 Å². The van der Waals surface area contributed by atoms with Gasteiger partial charge in [0.15, 0.2) is 0 Å². The van der Waals surface area contributed by atoms with Gasteiger partial charge in [-0.15, -0.1) is 0 Å². The van der Waals surface area contributed by atoms with Crippen LogP contribution in [0.5, 0.6) is 0 Å². The lowest BCUT2D eigenvalue weighted by Crippen LogP contribution is -2.45. The normalized spacial score (nSPS) is 22.6. The third kappa shape index (κ3) is 7.00. The first-order valence-corrected chi connectivity index (χ1v) is 7.11. The molecule has 0 aromatic rings. The summed E-state index contributed by atoms with van der Waals surface area (Å²) in [5.41, 5.74) is 0. The van der Waals surface area contributed by atoms with Gasteiger partial charge in [-0.1, -0.05) is 6.92 Å². The van der Waals surface area contributed by atoms with Gasteiger partial charge in [0.05, 0.1) is 6.10 Å². The van der Waals surface area contributed by atoms with Crippen molar-refractivity contribution in [2.45, 2.75) is 57.6 Å². The molecule has 1 saturated carbocycles. The second-order valence-electron chi connectivity index (χ2n) is 5.01. The van der Waals surface area contributed by atoms with E-state index in [0.717, 1.165) is 32.1 Å². The molecule has 6 nitrogen and oxygen atoms in total. The van der Waals surface area contributed by atoms with E-state index in [0.29, 0.717) is 19.5 Å². The van der Waals surface area contributed by atoms with Crippen molar-refractivity contribution in [2.24, 2.45) is 0 Å². The number of rotatable bonds is 6. The van der Waals surface area contributed by atoms with Gasteiger partial charge in [-0.3, -0.25) is 4.79 Å². The molecule has 1 fully saturated rings. The van der Waals surface area contributed by atoms with Crippen LogP contribution in [0.15, 0.2) is 0 Å². The van der Waals surface area contributed by atoms with Crippen molar-refractivity contribution in [2.75, 3.05) is 13.1 Å². The first-order valence-electron chi connectivity index (χ1n) is 7.11. The van der Waals surface area contributed by atoms with Gasteiger partial charge in [0.1, 0.15) is 0 Å². The van der Waals surface area contributed by atoms with Crippen molar-refractivity contribution in [3.05, 3.63) is 0 Å². The maximum Gasteiger partial charge on any atom is 0.315 e. The Morgan fingerprint density at radius 1 is 1.11 bits per heavy atom. The zero-order chi connectivity index (χ0) is 14.1. The summed E-state index contributed by atoms with van der Waals surface area (Å²) in [6, 6.07) is -0.0954. The molecule has 1 aliphatic rings. The largest absolute Gasteiger partial charge is 0.393 e. The Kier molecular flexibility index (Phi) is 7.25. The molecule has 1 rings (SSSR count). The van der Waals surface area contributed by atoms with Crippen molar-refractivity contribution in [3.63, 3.8) is 0 Å². The van der Waals surface area contributed by atoms with Crippen LogP contribution in [0.4, 0.5) is 4.79 Å². The number of urea groups is 1. The Hall–Kier alpha value is -1.30. The summed E-state index contributed by atoms with van der Waals surface area (Å²) in [5, 5.41) is 17.7. The first-order chi connectivity index (χ1) is 9.11. The van der Waals surface area contributed by atoms with Gasteiger partial charge in [0.2, 0.25) is 5.91 Å². The van der Waals surface area contributed by atoms with Gasteiger partial charge >= 0.3 is 6.03 Å². The van der Waals surface area contributed by atoms with E-state index in [9.17, 15) is 14.7 Å². The van der Waals surface area contributed by atoms with Crippen LogP contribution in [0.2, 0.25) is 0 Å². The minimum Gasteiger partial charge on any atom is -0.393 e. The average Bonchev–Trinajstić information content (AvgIpc) is 2.39. The average molecular weight is 271 g/mol. The molecule has 6 heteroatoms. The number of hydrogen-bond donors (Lipinski definition) is 4. The third-order valence-corrected chi connectivity index (χ3v) is 3.24. The van der Waals surface area contributed by atoms with Crippen molar-refractivity contribution in [1.29, 1.82) is 0 Å². The summed E-state index contributed by atoms with van der Waals surface area (Å²) in [6.07, 6.45) is 4.10. The highest BCUT2D eigenvalue weighted by atomic mass is 16.3. The number of aliphatic hydroxyl groups is 1. The quantitative estimate of drug-likeness (QED) is 0.567. The number of nitrogens with one attached hydrogen (secondary N) is 3. The maximum absolute atomic E-state index is 11.6. The predicted octanol–water partition coefficient (Wildman–Crippen LogP) is 0.505. The van der Waals surface area contributed by atoms with Crippen LogP contribution in [-0.4, -0.2) is 42.3 Å². The lowest BCUT2D eigenvalue weighted by molar-refractivity contribution is -0.120. The molecule has 19 heavy (non-hydrogen) atoms. The summed E-state index contributed by atoms with van der Waals surface area (Å²) in [7, 11) is 0. The molecule has 0 atom stereocenters. The summed E-state index contributed by atoms with van der Waals surface area (Å²) in [5.74, 6) is -0.0389. The fourth-order valence-electron chi connectivity index (χ4n) is 2.10. The zero-order valence-electron chi connectivity index (χ0n) is 11.6. The van der Waals surface area contributed by atoms with E-state index >= 15 is 0 Å². The fourth-order valence-corrected chi connectivity index (χ4v) is 2.10. The lowest BCUT2D eigenvalue weighted by Gasteiger charge is -2.26.